The van der Waals surface area contributed by atoms with Crippen LogP contribution >= 0.6 is 0 Å². The second kappa shape index (κ2) is 2.70. The fourth-order valence-electron chi connectivity index (χ4n) is 2.03. The van der Waals surface area contributed by atoms with Crippen LogP contribution in [-0.2, 0) is 19.0 Å². The summed E-state index contributed by atoms with van der Waals surface area (Å²) < 4.78 is 16.5. The molecule has 0 radical (unpaired) electrons. The van der Waals surface area contributed by atoms with Crippen molar-refractivity contribution in [1.82, 2.24) is 0 Å². The van der Waals surface area contributed by atoms with Crippen LogP contribution in [0, 0.1) is 5.92 Å². The van der Waals surface area contributed by atoms with Gasteiger partial charge >= 0.3 is 5.97 Å². The molecule has 0 spiro atoms. The van der Waals surface area contributed by atoms with E-state index in [0.29, 0.717) is 6.61 Å². The molecule has 2 heterocycles. The first-order valence-corrected chi connectivity index (χ1v) is 4.89. The Morgan fingerprint density at radius 2 is 2.00 bits per heavy atom. The van der Waals surface area contributed by atoms with E-state index in [-0.39, 0.29) is 18.0 Å². The van der Waals surface area contributed by atoms with Gasteiger partial charge in [-0.1, -0.05) is 0 Å². The minimum Gasteiger partial charge on any atom is -0.454 e. The van der Waals surface area contributed by atoms with Crippen molar-refractivity contribution < 1.29 is 19.0 Å². The smallest absolute Gasteiger partial charge is 0.312 e. The third-order valence-electron chi connectivity index (χ3n) is 2.88. The first-order valence-electron chi connectivity index (χ1n) is 4.89. The maximum Gasteiger partial charge on any atom is 0.312 e. The van der Waals surface area contributed by atoms with Crippen molar-refractivity contribution in [2.24, 2.45) is 5.92 Å². The lowest BCUT2D eigenvalue weighted by molar-refractivity contribution is -0.319. The van der Waals surface area contributed by atoms with Crippen LogP contribution in [0.2, 0.25) is 0 Å². The second-order valence-corrected chi connectivity index (χ2v) is 4.75. The Bertz CT molecular complexity index is 273. The van der Waals surface area contributed by atoms with Gasteiger partial charge < -0.3 is 14.2 Å². The van der Waals surface area contributed by atoms with Gasteiger partial charge in [0.15, 0.2) is 11.4 Å². The van der Waals surface area contributed by atoms with Gasteiger partial charge in [0.05, 0.1) is 12.5 Å². The van der Waals surface area contributed by atoms with Crippen LogP contribution in [0.4, 0.5) is 0 Å². The predicted octanol–water partition coefficient (Wildman–Crippen LogP) is 1.09. The number of esters is 1. The first kappa shape index (κ1) is 9.93. The number of fused-ring (bicyclic) bond motifs is 1. The maximum absolute atomic E-state index is 11.4. The zero-order chi connectivity index (χ0) is 10.6. The molecule has 4 nitrogen and oxygen atoms in total. The third-order valence-corrected chi connectivity index (χ3v) is 2.88. The van der Waals surface area contributed by atoms with Gasteiger partial charge in [0.2, 0.25) is 0 Å². The van der Waals surface area contributed by atoms with Crippen molar-refractivity contribution >= 4 is 5.97 Å². The molecule has 0 aromatic rings. The minimum atomic E-state index is -0.619. The van der Waals surface area contributed by atoms with Crippen molar-refractivity contribution in [2.45, 2.75) is 45.2 Å². The lowest BCUT2D eigenvalue weighted by Gasteiger charge is -2.42. The molecule has 0 aromatic carbocycles. The number of ether oxygens (including phenoxy) is 3. The van der Waals surface area contributed by atoms with Gasteiger partial charge in [-0.05, 0) is 27.7 Å². The van der Waals surface area contributed by atoms with Crippen LogP contribution in [0.1, 0.15) is 27.7 Å². The van der Waals surface area contributed by atoms with E-state index >= 15 is 0 Å². The van der Waals surface area contributed by atoms with E-state index < -0.39 is 11.4 Å². The summed E-state index contributed by atoms with van der Waals surface area (Å²) >= 11 is 0. The quantitative estimate of drug-likeness (QED) is 0.549. The molecule has 3 atom stereocenters. The largest absolute Gasteiger partial charge is 0.454 e. The zero-order valence-electron chi connectivity index (χ0n) is 8.99. The Labute approximate surface area is 83.5 Å². The normalized spacial score (nSPS) is 45.9. The van der Waals surface area contributed by atoms with Crippen LogP contribution in [0.25, 0.3) is 0 Å². The molecule has 2 saturated heterocycles. The molecular formula is C10H16O4. The number of hydrogen-bond acceptors (Lipinski definition) is 4. The summed E-state index contributed by atoms with van der Waals surface area (Å²) in [4.78, 5) is 11.4. The van der Waals surface area contributed by atoms with Gasteiger partial charge in [-0.2, -0.15) is 0 Å². The number of hydrogen-bond donors (Lipinski definition) is 0. The molecule has 2 aliphatic heterocycles. The summed E-state index contributed by atoms with van der Waals surface area (Å²) in [5.74, 6) is -1.02. The third kappa shape index (κ3) is 1.33. The second-order valence-electron chi connectivity index (χ2n) is 4.75. The summed E-state index contributed by atoms with van der Waals surface area (Å²) in [5, 5.41) is 0. The van der Waals surface area contributed by atoms with E-state index in [1.54, 1.807) is 0 Å². The van der Waals surface area contributed by atoms with Gasteiger partial charge in [-0.25, -0.2) is 0 Å². The molecule has 2 fully saturated rings. The summed E-state index contributed by atoms with van der Waals surface area (Å²) in [6.45, 7) is 7.79. The molecule has 2 aliphatic rings. The molecule has 0 N–H and O–H groups in total. The lowest BCUT2D eigenvalue weighted by Crippen LogP contribution is -2.55. The van der Waals surface area contributed by atoms with Crippen LogP contribution in [0.15, 0.2) is 0 Å². The summed E-state index contributed by atoms with van der Waals surface area (Å²) in [6, 6.07) is 0. The average Bonchev–Trinajstić information content (AvgIpc) is 2.27. The predicted molar refractivity (Wildman–Crippen MR) is 48.6 cm³/mol. The van der Waals surface area contributed by atoms with Gasteiger partial charge in [0.25, 0.3) is 0 Å². The molecule has 0 aliphatic carbocycles. The SMILES string of the molecule is C[C@H]1C(=O)O[C@]2(C)COC(C)(C)O[C@H]12. The molecule has 0 bridgehead atoms. The van der Waals surface area contributed by atoms with Gasteiger partial charge in [-0.3, -0.25) is 4.79 Å². The van der Waals surface area contributed by atoms with E-state index in [1.807, 2.05) is 27.7 Å². The number of carbonyl (C=O) groups excluding carboxylic acids is 1. The molecule has 4 heteroatoms. The van der Waals surface area contributed by atoms with E-state index in [4.69, 9.17) is 14.2 Å². The van der Waals surface area contributed by atoms with Crippen LogP contribution < -0.4 is 0 Å². The Hall–Kier alpha value is -0.610. The summed E-state index contributed by atoms with van der Waals surface area (Å²) in [5.41, 5.74) is -0.605. The number of carbonyl (C=O) groups is 1. The standard InChI is InChI=1S/C10H16O4/c1-6-7-10(4,14-8(6)11)5-12-9(2,3)13-7/h6-7H,5H2,1-4H3/t6-,7-,10-/m1/s1. The molecular weight excluding hydrogens is 184 g/mol. The van der Waals surface area contributed by atoms with Crippen LogP contribution in [0.5, 0.6) is 0 Å². The van der Waals surface area contributed by atoms with Crippen molar-refractivity contribution in [3.05, 3.63) is 0 Å². The van der Waals surface area contributed by atoms with Crippen LogP contribution in [-0.4, -0.2) is 30.1 Å². The highest BCUT2D eigenvalue weighted by Crippen LogP contribution is 2.40. The van der Waals surface area contributed by atoms with Crippen molar-refractivity contribution in [1.29, 1.82) is 0 Å². The van der Waals surface area contributed by atoms with Crippen molar-refractivity contribution in [3.8, 4) is 0 Å². The fourth-order valence-corrected chi connectivity index (χ4v) is 2.03. The van der Waals surface area contributed by atoms with E-state index in [9.17, 15) is 4.79 Å². The highest BCUT2D eigenvalue weighted by molar-refractivity contribution is 5.76. The fraction of sp³-hybridized carbons (Fsp3) is 0.900. The molecule has 0 saturated carbocycles. The molecule has 80 valence electrons. The topological polar surface area (TPSA) is 44.8 Å². The average molecular weight is 200 g/mol. The van der Waals surface area contributed by atoms with Crippen molar-refractivity contribution in [2.75, 3.05) is 6.61 Å². The Morgan fingerprint density at radius 1 is 1.36 bits per heavy atom. The Balaban J connectivity index is 2.25. The van der Waals surface area contributed by atoms with E-state index in [1.165, 1.54) is 0 Å². The van der Waals surface area contributed by atoms with E-state index in [0.717, 1.165) is 0 Å². The minimum absolute atomic E-state index is 0.196. The molecule has 0 aromatic heterocycles. The van der Waals surface area contributed by atoms with E-state index in [2.05, 4.69) is 0 Å². The first-order chi connectivity index (χ1) is 6.34. The summed E-state index contributed by atoms with van der Waals surface area (Å²) in [6.07, 6.45) is -0.196. The van der Waals surface area contributed by atoms with Gasteiger partial charge in [-0.15, -0.1) is 0 Å². The van der Waals surface area contributed by atoms with Gasteiger partial charge in [0, 0.05) is 0 Å². The highest BCUT2D eigenvalue weighted by atomic mass is 16.7. The molecule has 0 unspecified atom stereocenters. The maximum atomic E-state index is 11.4. The van der Waals surface area contributed by atoms with Crippen molar-refractivity contribution in [3.63, 3.8) is 0 Å². The lowest BCUT2D eigenvalue weighted by atomic mass is 9.92. The Kier molecular flexibility index (Phi) is 1.92. The zero-order valence-corrected chi connectivity index (χ0v) is 8.99. The van der Waals surface area contributed by atoms with Crippen LogP contribution in [0.3, 0.4) is 0 Å². The highest BCUT2D eigenvalue weighted by Gasteiger charge is 2.57. The molecule has 0 amide bonds. The molecule has 14 heavy (non-hydrogen) atoms. The monoisotopic (exact) mass is 200 g/mol. The number of rotatable bonds is 0. The Morgan fingerprint density at radius 3 is 2.64 bits per heavy atom. The summed E-state index contributed by atoms with van der Waals surface area (Å²) in [7, 11) is 0. The van der Waals surface area contributed by atoms with Gasteiger partial charge in [0.1, 0.15) is 6.10 Å². The molecule has 2 rings (SSSR count).